The molecule has 1 aromatic rings. The van der Waals surface area contributed by atoms with Crippen molar-refractivity contribution in [3.05, 3.63) is 35.9 Å². The molecule has 0 heterocycles. The fourth-order valence-corrected chi connectivity index (χ4v) is 3.51. The topological polar surface area (TPSA) is 83.5 Å². The Morgan fingerprint density at radius 3 is 2.41 bits per heavy atom. The summed E-state index contributed by atoms with van der Waals surface area (Å²) in [6.45, 7) is 0. The molecule has 6 heteroatoms. The molecule has 1 aliphatic rings. The summed E-state index contributed by atoms with van der Waals surface area (Å²) < 4.78 is 11.5. The summed E-state index contributed by atoms with van der Waals surface area (Å²) in [5, 5.41) is 12.1. The minimum absolute atomic E-state index is 0.0119. The molecule has 0 aliphatic heterocycles. The number of carboxylic acids is 1. The average Bonchev–Trinajstić information content (AvgIpc) is 2.42. The van der Waals surface area contributed by atoms with Crippen molar-refractivity contribution in [3.8, 4) is 0 Å². The molecule has 22 heavy (non-hydrogen) atoms. The van der Waals surface area contributed by atoms with Crippen molar-refractivity contribution in [2.45, 2.75) is 31.7 Å². The van der Waals surface area contributed by atoms with Crippen LogP contribution in [-0.2, 0) is 20.4 Å². The first-order valence-corrected chi connectivity index (χ1v) is 9.03. The Morgan fingerprint density at radius 2 is 1.95 bits per heavy atom. The van der Waals surface area contributed by atoms with Crippen LogP contribution >= 0.6 is 0 Å². The third-order valence-corrected chi connectivity index (χ3v) is 5.00. The number of amides is 1. The molecule has 1 amide bonds. The van der Waals surface area contributed by atoms with E-state index in [-0.39, 0.29) is 18.4 Å². The molecular formula is C16H21NO4S. The number of carbonyl (C=O) groups is 2. The van der Waals surface area contributed by atoms with Crippen LogP contribution in [-0.4, -0.2) is 33.2 Å². The second-order valence-electron chi connectivity index (χ2n) is 5.89. The number of aliphatic carboxylic acids is 1. The largest absolute Gasteiger partial charge is 0.481 e. The highest BCUT2D eigenvalue weighted by molar-refractivity contribution is 7.84. The van der Waals surface area contributed by atoms with Crippen LogP contribution in [0.1, 0.15) is 37.3 Å². The molecule has 2 unspecified atom stereocenters. The van der Waals surface area contributed by atoms with Crippen molar-refractivity contribution in [1.29, 1.82) is 0 Å². The van der Waals surface area contributed by atoms with E-state index in [0.29, 0.717) is 18.6 Å². The van der Waals surface area contributed by atoms with Gasteiger partial charge in [0.25, 0.3) is 0 Å². The molecule has 120 valence electrons. The van der Waals surface area contributed by atoms with Crippen molar-refractivity contribution < 1.29 is 18.9 Å². The van der Waals surface area contributed by atoms with Crippen LogP contribution in [0.3, 0.4) is 0 Å². The van der Waals surface area contributed by atoms with Crippen LogP contribution < -0.4 is 5.32 Å². The highest BCUT2D eigenvalue weighted by Crippen LogP contribution is 2.44. The van der Waals surface area contributed by atoms with Gasteiger partial charge in [0.2, 0.25) is 5.91 Å². The van der Waals surface area contributed by atoms with Gasteiger partial charge in [-0.3, -0.25) is 13.8 Å². The van der Waals surface area contributed by atoms with Crippen LogP contribution in [0.25, 0.3) is 0 Å². The van der Waals surface area contributed by atoms with Gasteiger partial charge < -0.3 is 10.4 Å². The molecule has 1 aliphatic carbocycles. The minimum Gasteiger partial charge on any atom is -0.481 e. The Labute approximate surface area is 132 Å². The van der Waals surface area contributed by atoms with Gasteiger partial charge in [-0.2, -0.15) is 0 Å². The van der Waals surface area contributed by atoms with Crippen molar-refractivity contribution in [2.75, 3.05) is 12.0 Å². The maximum Gasteiger partial charge on any atom is 0.310 e. The first kappa shape index (κ1) is 16.7. The smallest absolute Gasteiger partial charge is 0.310 e. The molecule has 2 rings (SSSR count). The van der Waals surface area contributed by atoms with Gasteiger partial charge in [0, 0.05) is 29.2 Å². The predicted molar refractivity (Wildman–Crippen MR) is 84.8 cm³/mol. The van der Waals surface area contributed by atoms with Crippen molar-refractivity contribution in [3.63, 3.8) is 0 Å². The van der Waals surface area contributed by atoms with Gasteiger partial charge in [-0.05, 0) is 18.4 Å². The lowest BCUT2D eigenvalue weighted by molar-refractivity contribution is -0.157. The summed E-state index contributed by atoms with van der Waals surface area (Å²) in [7, 11) is -1.06. The van der Waals surface area contributed by atoms with E-state index in [1.807, 2.05) is 30.3 Å². The SMILES string of the molecule is CS(=O)CC(NC(=O)CC1(C(=O)O)CCC1)c1ccccc1. The first-order chi connectivity index (χ1) is 10.4. The molecule has 0 spiro atoms. The van der Waals surface area contributed by atoms with Crippen molar-refractivity contribution >= 4 is 22.7 Å². The predicted octanol–water partition coefficient (Wildman–Crippen LogP) is 1.87. The number of carboxylic acid groups (broad SMARTS) is 1. The third-order valence-electron chi connectivity index (χ3n) is 4.20. The third kappa shape index (κ3) is 3.94. The summed E-state index contributed by atoms with van der Waals surface area (Å²) in [4.78, 5) is 23.6. The van der Waals surface area contributed by atoms with E-state index in [1.165, 1.54) is 0 Å². The van der Waals surface area contributed by atoms with Gasteiger partial charge in [0.15, 0.2) is 0 Å². The Bertz CT molecular complexity index is 569. The Balaban J connectivity index is 2.05. The Morgan fingerprint density at radius 1 is 1.32 bits per heavy atom. The van der Waals surface area contributed by atoms with Crippen LogP contribution in [0.2, 0.25) is 0 Å². The first-order valence-electron chi connectivity index (χ1n) is 7.31. The second kappa shape index (κ2) is 7.05. The molecule has 0 radical (unpaired) electrons. The lowest BCUT2D eigenvalue weighted by Crippen LogP contribution is -2.43. The summed E-state index contributed by atoms with van der Waals surface area (Å²) >= 11 is 0. The highest BCUT2D eigenvalue weighted by Gasteiger charge is 2.46. The van der Waals surface area contributed by atoms with Gasteiger partial charge in [0.1, 0.15) is 0 Å². The van der Waals surface area contributed by atoms with E-state index in [0.717, 1.165) is 12.0 Å². The molecule has 2 atom stereocenters. The van der Waals surface area contributed by atoms with E-state index in [1.54, 1.807) is 6.26 Å². The molecule has 0 saturated heterocycles. The highest BCUT2D eigenvalue weighted by atomic mass is 32.2. The maximum atomic E-state index is 12.2. The standard InChI is InChI=1S/C16H21NO4S/c1-22(21)11-13(12-6-3-2-4-7-12)17-14(18)10-16(15(19)20)8-5-9-16/h2-4,6-7,13H,5,8-11H2,1H3,(H,17,18)(H,19,20). The lowest BCUT2D eigenvalue weighted by Gasteiger charge is -2.37. The zero-order valence-corrected chi connectivity index (χ0v) is 13.4. The molecule has 2 N–H and O–H groups in total. The van der Waals surface area contributed by atoms with Crippen LogP contribution in [0.5, 0.6) is 0 Å². The molecule has 1 fully saturated rings. The van der Waals surface area contributed by atoms with Gasteiger partial charge >= 0.3 is 5.97 Å². The molecular weight excluding hydrogens is 302 g/mol. The van der Waals surface area contributed by atoms with Crippen molar-refractivity contribution in [2.24, 2.45) is 5.41 Å². The molecule has 0 aromatic heterocycles. The average molecular weight is 323 g/mol. The van der Waals surface area contributed by atoms with Gasteiger partial charge in [0.05, 0.1) is 11.5 Å². The van der Waals surface area contributed by atoms with E-state index in [4.69, 9.17) is 0 Å². The molecule has 5 nitrogen and oxygen atoms in total. The van der Waals surface area contributed by atoms with Gasteiger partial charge in [-0.25, -0.2) is 0 Å². The normalized spacial score (nSPS) is 18.8. The van der Waals surface area contributed by atoms with E-state index < -0.39 is 22.2 Å². The monoisotopic (exact) mass is 323 g/mol. The van der Waals surface area contributed by atoms with Crippen molar-refractivity contribution in [1.82, 2.24) is 5.32 Å². The number of nitrogens with one attached hydrogen (secondary N) is 1. The second-order valence-corrected chi connectivity index (χ2v) is 7.37. The minimum atomic E-state index is -1.06. The zero-order chi connectivity index (χ0) is 16.2. The summed E-state index contributed by atoms with van der Waals surface area (Å²) in [5.41, 5.74) is -0.0273. The molecule has 0 bridgehead atoms. The number of carbonyl (C=O) groups excluding carboxylic acids is 1. The summed E-state index contributed by atoms with van der Waals surface area (Å²) in [5.74, 6) is -0.874. The zero-order valence-electron chi connectivity index (χ0n) is 12.6. The number of rotatable bonds is 7. The molecule has 1 aromatic carbocycles. The van der Waals surface area contributed by atoms with E-state index in [2.05, 4.69) is 5.32 Å². The van der Waals surface area contributed by atoms with Gasteiger partial charge in [-0.15, -0.1) is 0 Å². The van der Waals surface area contributed by atoms with E-state index in [9.17, 15) is 18.9 Å². The lowest BCUT2D eigenvalue weighted by atomic mass is 9.66. The number of benzene rings is 1. The number of hydrogen-bond acceptors (Lipinski definition) is 3. The fourth-order valence-electron chi connectivity index (χ4n) is 2.76. The molecule has 1 saturated carbocycles. The van der Waals surface area contributed by atoms with Gasteiger partial charge in [-0.1, -0.05) is 36.8 Å². The summed E-state index contributed by atoms with van der Waals surface area (Å²) in [6, 6.07) is 8.97. The van der Waals surface area contributed by atoms with E-state index >= 15 is 0 Å². The maximum absolute atomic E-state index is 12.2. The quantitative estimate of drug-likeness (QED) is 0.802. The van der Waals surface area contributed by atoms with Crippen LogP contribution in [0.15, 0.2) is 30.3 Å². The van der Waals surface area contributed by atoms with Crippen LogP contribution in [0.4, 0.5) is 0 Å². The fraction of sp³-hybridized carbons (Fsp3) is 0.500. The Hall–Kier alpha value is -1.69. The number of hydrogen-bond donors (Lipinski definition) is 2. The Kier molecular flexibility index (Phi) is 5.34. The summed E-state index contributed by atoms with van der Waals surface area (Å²) in [6.07, 6.45) is 3.52. The van der Waals surface area contributed by atoms with Crippen LogP contribution in [0, 0.1) is 5.41 Å².